The summed E-state index contributed by atoms with van der Waals surface area (Å²) in [6.07, 6.45) is 0. The van der Waals surface area contributed by atoms with Crippen molar-refractivity contribution >= 4 is 33.4 Å². The Morgan fingerprint density at radius 3 is 2.52 bits per heavy atom. The molecule has 0 saturated heterocycles. The first-order chi connectivity index (χ1) is 9.96. The molecule has 0 aliphatic rings. The lowest BCUT2D eigenvalue weighted by Gasteiger charge is -2.29. The molecule has 1 atom stereocenters. The third-order valence-electron chi connectivity index (χ3n) is 3.29. The van der Waals surface area contributed by atoms with Gasteiger partial charge >= 0.3 is 0 Å². The van der Waals surface area contributed by atoms with Crippen LogP contribution in [0.25, 0.3) is 0 Å². The molecule has 1 unspecified atom stereocenters. The normalized spacial score (nSPS) is 13.5. The van der Waals surface area contributed by atoms with E-state index in [1.165, 1.54) is 0 Å². The Bertz CT molecular complexity index is 648. The van der Waals surface area contributed by atoms with Crippen LogP contribution in [-0.2, 0) is 5.54 Å². The summed E-state index contributed by atoms with van der Waals surface area (Å²) in [7, 11) is 0. The van der Waals surface area contributed by atoms with Crippen LogP contribution in [0.5, 0.6) is 0 Å². The zero-order valence-corrected chi connectivity index (χ0v) is 13.8. The molecular formula is C16H15BrClNO2. The molecule has 0 heterocycles. The number of rotatable bonds is 4. The molecule has 0 aliphatic carbocycles. The lowest BCUT2D eigenvalue weighted by molar-refractivity contribution is 0.0849. The van der Waals surface area contributed by atoms with Gasteiger partial charge in [-0.25, -0.2) is 0 Å². The van der Waals surface area contributed by atoms with Crippen molar-refractivity contribution in [1.82, 2.24) is 5.32 Å². The van der Waals surface area contributed by atoms with Gasteiger partial charge in [-0.1, -0.05) is 57.9 Å². The molecular weight excluding hydrogens is 354 g/mol. The van der Waals surface area contributed by atoms with E-state index in [2.05, 4.69) is 21.2 Å². The second-order valence-electron chi connectivity index (χ2n) is 4.93. The van der Waals surface area contributed by atoms with Gasteiger partial charge in [-0.15, -0.1) is 0 Å². The Balaban J connectivity index is 2.28. The van der Waals surface area contributed by atoms with Crippen LogP contribution >= 0.6 is 27.5 Å². The molecule has 3 nitrogen and oxygen atoms in total. The second kappa shape index (κ2) is 6.60. The number of carbonyl (C=O) groups excluding carboxylic acids is 1. The number of nitrogens with one attached hydrogen (secondary N) is 1. The van der Waals surface area contributed by atoms with Gasteiger partial charge in [-0.3, -0.25) is 4.79 Å². The maximum atomic E-state index is 12.4. The number of aliphatic hydroxyl groups excluding tert-OH is 1. The molecule has 0 spiro atoms. The van der Waals surface area contributed by atoms with Gasteiger partial charge in [-0.2, -0.15) is 0 Å². The summed E-state index contributed by atoms with van der Waals surface area (Å²) in [4.78, 5) is 12.4. The first-order valence-electron chi connectivity index (χ1n) is 6.40. The highest BCUT2D eigenvalue weighted by molar-refractivity contribution is 9.10. The van der Waals surface area contributed by atoms with Crippen molar-refractivity contribution in [3.8, 4) is 0 Å². The number of aliphatic hydroxyl groups is 1. The first-order valence-corrected chi connectivity index (χ1v) is 7.57. The summed E-state index contributed by atoms with van der Waals surface area (Å²) >= 11 is 9.39. The van der Waals surface area contributed by atoms with Crippen molar-refractivity contribution in [2.75, 3.05) is 6.61 Å². The number of benzene rings is 2. The van der Waals surface area contributed by atoms with Gasteiger partial charge in [-0.05, 0) is 30.7 Å². The van der Waals surface area contributed by atoms with E-state index < -0.39 is 5.54 Å². The Hall–Kier alpha value is -1.36. The predicted octanol–water partition coefficient (Wildman–Crippen LogP) is 3.74. The average molecular weight is 369 g/mol. The molecule has 110 valence electrons. The number of carbonyl (C=O) groups is 1. The molecule has 1 amide bonds. The van der Waals surface area contributed by atoms with E-state index >= 15 is 0 Å². The molecule has 5 heteroatoms. The van der Waals surface area contributed by atoms with Gasteiger partial charge in [0, 0.05) is 4.47 Å². The molecule has 0 aliphatic heterocycles. The molecule has 2 N–H and O–H groups in total. The Morgan fingerprint density at radius 1 is 1.29 bits per heavy atom. The standard InChI is InChI=1S/C16H15BrClNO2/c1-16(10-20,11-5-3-2-4-6-11)19-15(21)13-8-7-12(17)9-14(13)18/h2-9,20H,10H2,1H3,(H,19,21). The van der Waals surface area contributed by atoms with Crippen LogP contribution in [0, 0.1) is 0 Å². The SMILES string of the molecule is CC(CO)(NC(=O)c1ccc(Br)cc1Cl)c1ccccc1. The van der Waals surface area contributed by atoms with Crippen molar-refractivity contribution in [2.45, 2.75) is 12.5 Å². The van der Waals surface area contributed by atoms with Gasteiger partial charge in [0.05, 0.1) is 22.7 Å². The highest BCUT2D eigenvalue weighted by Crippen LogP contribution is 2.24. The molecule has 21 heavy (non-hydrogen) atoms. The van der Waals surface area contributed by atoms with Crippen LogP contribution in [0.4, 0.5) is 0 Å². The fraction of sp³-hybridized carbons (Fsp3) is 0.188. The fourth-order valence-electron chi connectivity index (χ4n) is 2.00. The molecule has 2 aromatic carbocycles. The molecule has 2 rings (SSSR count). The monoisotopic (exact) mass is 367 g/mol. The van der Waals surface area contributed by atoms with E-state index in [0.29, 0.717) is 10.6 Å². The zero-order chi connectivity index (χ0) is 15.5. The van der Waals surface area contributed by atoms with Gasteiger partial charge in [0.25, 0.3) is 5.91 Å². The Labute approximate surface area is 137 Å². The number of halogens is 2. The number of amides is 1. The Kier molecular flexibility index (Phi) is 5.04. The molecule has 0 bridgehead atoms. The third kappa shape index (κ3) is 3.64. The van der Waals surface area contributed by atoms with Crippen LogP contribution in [0.1, 0.15) is 22.8 Å². The minimum Gasteiger partial charge on any atom is -0.394 e. The highest BCUT2D eigenvalue weighted by Gasteiger charge is 2.28. The lowest BCUT2D eigenvalue weighted by Crippen LogP contribution is -2.46. The van der Waals surface area contributed by atoms with E-state index in [-0.39, 0.29) is 12.5 Å². The fourth-order valence-corrected chi connectivity index (χ4v) is 2.76. The van der Waals surface area contributed by atoms with Gasteiger partial charge in [0.2, 0.25) is 0 Å². The average Bonchev–Trinajstić information content (AvgIpc) is 2.47. The van der Waals surface area contributed by atoms with Gasteiger partial charge in [0.15, 0.2) is 0 Å². The summed E-state index contributed by atoms with van der Waals surface area (Å²) in [5.74, 6) is -0.326. The zero-order valence-electron chi connectivity index (χ0n) is 11.4. The largest absolute Gasteiger partial charge is 0.394 e. The third-order valence-corrected chi connectivity index (χ3v) is 4.10. The maximum absolute atomic E-state index is 12.4. The number of hydrogen-bond acceptors (Lipinski definition) is 2. The summed E-state index contributed by atoms with van der Waals surface area (Å²) in [5, 5.41) is 12.9. The van der Waals surface area contributed by atoms with Gasteiger partial charge in [0.1, 0.15) is 0 Å². The lowest BCUT2D eigenvalue weighted by atomic mass is 9.92. The van der Waals surface area contributed by atoms with Crippen molar-refractivity contribution in [3.63, 3.8) is 0 Å². The summed E-state index contributed by atoms with van der Waals surface area (Å²) < 4.78 is 0.803. The van der Waals surface area contributed by atoms with E-state index in [9.17, 15) is 9.90 Å². The quantitative estimate of drug-likeness (QED) is 0.863. The van der Waals surface area contributed by atoms with Crippen LogP contribution in [-0.4, -0.2) is 17.6 Å². The van der Waals surface area contributed by atoms with Crippen molar-refractivity contribution in [2.24, 2.45) is 0 Å². The minimum absolute atomic E-state index is 0.211. The molecule has 0 saturated carbocycles. The van der Waals surface area contributed by atoms with E-state index in [0.717, 1.165) is 10.0 Å². The molecule has 0 radical (unpaired) electrons. The second-order valence-corrected chi connectivity index (χ2v) is 6.26. The topological polar surface area (TPSA) is 49.3 Å². The number of hydrogen-bond donors (Lipinski definition) is 2. The van der Waals surface area contributed by atoms with Crippen LogP contribution in [0.3, 0.4) is 0 Å². The predicted molar refractivity (Wildman–Crippen MR) is 87.5 cm³/mol. The van der Waals surface area contributed by atoms with E-state index in [1.807, 2.05) is 30.3 Å². The highest BCUT2D eigenvalue weighted by atomic mass is 79.9. The maximum Gasteiger partial charge on any atom is 0.253 e. The molecule has 0 aromatic heterocycles. The smallest absolute Gasteiger partial charge is 0.253 e. The molecule has 0 fully saturated rings. The van der Waals surface area contributed by atoms with Crippen LogP contribution in [0.2, 0.25) is 5.02 Å². The summed E-state index contributed by atoms with van der Waals surface area (Å²) in [5.41, 5.74) is 0.332. The van der Waals surface area contributed by atoms with Crippen LogP contribution < -0.4 is 5.32 Å². The summed E-state index contributed by atoms with van der Waals surface area (Å²) in [6.45, 7) is 1.56. The summed E-state index contributed by atoms with van der Waals surface area (Å²) in [6, 6.07) is 14.4. The van der Waals surface area contributed by atoms with Crippen LogP contribution in [0.15, 0.2) is 53.0 Å². The first kappa shape index (κ1) is 16.0. The molecule has 2 aromatic rings. The van der Waals surface area contributed by atoms with E-state index in [1.54, 1.807) is 25.1 Å². The Morgan fingerprint density at radius 2 is 1.95 bits per heavy atom. The minimum atomic E-state index is -0.866. The van der Waals surface area contributed by atoms with Crippen molar-refractivity contribution in [3.05, 3.63) is 69.2 Å². The van der Waals surface area contributed by atoms with Crippen molar-refractivity contribution < 1.29 is 9.90 Å². The van der Waals surface area contributed by atoms with Gasteiger partial charge < -0.3 is 10.4 Å². The van der Waals surface area contributed by atoms with E-state index in [4.69, 9.17) is 11.6 Å². The van der Waals surface area contributed by atoms with Crippen molar-refractivity contribution in [1.29, 1.82) is 0 Å².